The molecule has 1 atom stereocenters. The van der Waals surface area contributed by atoms with Crippen LogP contribution in [-0.4, -0.2) is 17.0 Å². The zero-order valence-corrected chi connectivity index (χ0v) is 11.2. The fourth-order valence-corrected chi connectivity index (χ4v) is 1.98. The average Bonchev–Trinajstić information content (AvgIpc) is 2.46. The Morgan fingerprint density at radius 2 is 2.11 bits per heavy atom. The molecule has 2 rings (SSSR count). The van der Waals surface area contributed by atoms with Crippen molar-refractivity contribution in [3.8, 4) is 0 Å². The number of pyridine rings is 2. The Labute approximate surface area is 112 Å². The molecular weight excluding hydrogens is 241 g/mol. The lowest BCUT2D eigenvalue weighted by Gasteiger charge is -2.15. The van der Waals surface area contributed by atoms with Gasteiger partial charge in [-0.1, -0.05) is 13.0 Å². The normalized spacial score (nSPS) is 12.4. The van der Waals surface area contributed by atoms with Gasteiger partial charge in [0.1, 0.15) is 5.82 Å². The molecule has 0 amide bonds. The van der Waals surface area contributed by atoms with Crippen LogP contribution in [0.1, 0.15) is 29.9 Å². The zero-order chi connectivity index (χ0) is 13.7. The molecule has 0 saturated heterocycles. The highest BCUT2D eigenvalue weighted by atomic mass is 19.1. The molecule has 3 nitrogen and oxygen atoms in total. The van der Waals surface area contributed by atoms with Gasteiger partial charge in [0, 0.05) is 24.5 Å². The third-order valence-electron chi connectivity index (χ3n) is 3.17. The lowest BCUT2D eigenvalue weighted by molar-refractivity contribution is 0.513. The first kappa shape index (κ1) is 13.6. The maximum Gasteiger partial charge on any atom is 0.146 e. The lowest BCUT2D eigenvalue weighted by atomic mass is 10.1. The monoisotopic (exact) mass is 259 g/mol. The third kappa shape index (κ3) is 3.35. The SMILES string of the molecule is CCc1ccc(CC(NC)c2ncccc2F)nc1. The molecule has 4 heteroatoms. The predicted molar refractivity (Wildman–Crippen MR) is 73.3 cm³/mol. The fourth-order valence-electron chi connectivity index (χ4n) is 1.98. The van der Waals surface area contributed by atoms with Crippen molar-refractivity contribution in [1.29, 1.82) is 0 Å². The second kappa shape index (κ2) is 6.38. The van der Waals surface area contributed by atoms with E-state index in [1.54, 1.807) is 19.3 Å². The highest BCUT2D eigenvalue weighted by Gasteiger charge is 2.16. The van der Waals surface area contributed by atoms with Crippen LogP contribution in [-0.2, 0) is 12.8 Å². The molecule has 2 heterocycles. The Kier molecular flexibility index (Phi) is 4.58. The van der Waals surface area contributed by atoms with Gasteiger partial charge in [-0.05, 0) is 37.2 Å². The van der Waals surface area contributed by atoms with E-state index in [2.05, 4.69) is 28.3 Å². The number of aromatic nitrogens is 2. The summed E-state index contributed by atoms with van der Waals surface area (Å²) in [4.78, 5) is 8.52. The molecule has 1 unspecified atom stereocenters. The van der Waals surface area contributed by atoms with Crippen LogP contribution < -0.4 is 5.32 Å². The van der Waals surface area contributed by atoms with Gasteiger partial charge < -0.3 is 5.32 Å². The number of hydrogen-bond acceptors (Lipinski definition) is 3. The molecule has 0 aliphatic carbocycles. The Balaban J connectivity index is 2.17. The molecule has 2 aromatic heterocycles. The highest BCUT2D eigenvalue weighted by molar-refractivity contribution is 5.18. The second-order valence-corrected chi connectivity index (χ2v) is 4.43. The van der Waals surface area contributed by atoms with Crippen LogP contribution in [0.25, 0.3) is 0 Å². The minimum absolute atomic E-state index is 0.166. The third-order valence-corrected chi connectivity index (χ3v) is 3.17. The van der Waals surface area contributed by atoms with E-state index < -0.39 is 0 Å². The molecule has 0 radical (unpaired) electrons. The Hall–Kier alpha value is -1.81. The first-order chi connectivity index (χ1) is 9.24. The van der Waals surface area contributed by atoms with Crippen LogP contribution >= 0.6 is 0 Å². The van der Waals surface area contributed by atoms with Gasteiger partial charge in [-0.15, -0.1) is 0 Å². The van der Waals surface area contributed by atoms with Gasteiger partial charge in [0.2, 0.25) is 0 Å². The summed E-state index contributed by atoms with van der Waals surface area (Å²) in [5.74, 6) is -0.285. The molecule has 19 heavy (non-hydrogen) atoms. The summed E-state index contributed by atoms with van der Waals surface area (Å²) >= 11 is 0. The first-order valence-corrected chi connectivity index (χ1v) is 6.46. The molecule has 0 saturated carbocycles. The molecular formula is C15H18FN3. The van der Waals surface area contributed by atoms with Crippen molar-refractivity contribution >= 4 is 0 Å². The van der Waals surface area contributed by atoms with Crippen LogP contribution in [0.15, 0.2) is 36.7 Å². The number of likely N-dealkylation sites (N-methyl/N-ethyl adjacent to an activating group) is 1. The van der Waals surface area contributed by atoms with Crippen molar-refractivity contribution in [2.45, 2.75) is 25.8 Å². The van der Waals surface area contributed by atoms with E-state index in [1.165, 1.54) is 11.6 Å². The molecule has 100 valence electrons. The van der Waals surface area contributed by atoms with Gasteiger partial charge in [0.25, 0.3) is 0 Å². The summed E-state index contributed by atoms with van der Waals surface area (Å²) in [5, 5.41) is 3.09. The largest absolute Gasteiger partial charge is 0.311 e. The molecule has 0 aliphatic heterocycles. The minimum atomic E-state index is -0.285. The number of aryl methyl sites for hydroxylation is 1. The molecule has 0 aliphatic rings. The second-order valence-electron chi connectivity index (χ2n) is 4.43. The Morgan fingerprint density at radius 3 is 2.68 bits per heavy atom. The van der Waals surface area contributed by atoms with Crippen LogP contribution in [0, 0.1) is 5.82 Å². The van der Waals surface area contributed by atoms with Gasteiger partial charge >= 0.3 is 0 Å². The summed E-state index contributed by atoms with van der Waals surface area (Å²) in [6.07, 6.45) is 5.07. The quantitative estimate of drug-likeness (QED) is 0.897. The summed E-state index contributed by atoms with van der Waals surface area (Å²) in [7, 11) is 1.80. The van der Waals surface area contributed by atoms with Crippen LogP contribution in [0.5, 0.6) is 0 Å². The Morgan fingerprint density at radius 1 is 1.26 bits per heavy atom. The summed E-state index contributed by atoms with van der Waals surface area (Å²) in [5.41, 5.74) is 2.57. The molecule has 1 N–H and O–H groups in total. The lowest BCUT2D eigenvalue weighted by Crippen LogP contribution is -2.21. The van der Waals surface area contributed by atoms with Gasteiger partial charge in [0.05, 0.1) is 11.7 Å². The number of nitrogens with one attached hydrogen (secondary N) is 1. The van der Waals surface area contributed by atoms with Crippen molar-refractivity contribution in [3.63, 3.8) is 0 Å². The van der Waals surface area contributed by atoms with E-state index in [-0.39, 0.29) is 11.9 Å². The van der Waals surface area contributed by atoms with Gasteiger partial charge in [-0.25, -0.2) is 4.39 Å². The highest BCUT2D eigenvalue weighted by Crippen LogP contribution is 2.18. The van der Waals surface area contributed by atoms with E-state index >= 15 is 0 Å². The average molecular weight is 259 g/mol. The van der Waals surface area contributed by atoms with E-state index in [9.17, 15) is 4.39 Å². The standard InChI is InChI=1S/C15H18FN3/c1-3-11-6-7-12(19-10-11)9-14(17-2)15-13(16)5-4-8-18-15/h4-8,10,14,17H,3,9H2,1-2H3. The first-order valence-electron chi connectivity index (χ1n) is 6.46. The minimum Gasteiger partial charge on any atom is -0.311 e. The van der Waals surface area contributed by atoms with E-state index in [1.807, 2.05) is 12.3 Å². The van der Waals surface area contributed by atoms with Crippen molar-refractivity contribution < 1.29 is 4.39 Å². The topological polar surface area (TPSA) is 37.8 Å². The number of halogens is 1. The maximum absolute atomic E-state index is 13.7. The van der Waals surface area contributed by atoms with Gasteiger partial charge in [-0.2, -0.15) is 0 Å². The molecule has 0 bridgehead atoms. The van der Waals surface area contributed by atoms with Gasteiger partial charge in [-0.3, -0.25) is 9.97 Å². The van der Waals surface area contributed by atoms with E-state index in [0.717, 1.165) is 12.1 Å². The van der Waals surface area contributed by atoms with Gasteiger partial charge in [0.15, 0.2) is 0 Å². The smallest absolute Gasteiger partial charge is 0.146 e. The fraction of sp³-hybridized carbons (Fsp3) is 0.333. The number of rotatable bonds is 5. The van der Waals surface area contributed by atoms with Crippen molar-refractivity contribution in [1.82, 2.24) is 15.3 Å². The predicted octanol–water partition coefficient (Wildman–Crippen LogP) is 2.68. The van der Waals surface area contributed by atoms with E-state index in [0.29, 0.717) is 12.1 Å². The molecule has 2 aromatic rings. The van der Waals surface area contributed by atoms with Crippen LogP contribution in [0.4, 0.5) is 4.39 Å². The van der Waals surface area contributed by atoms with Crippen molar-refractivity contribution in [2.24, 2.45) is 0 Å². The molecule has 0 fully saturated rings. The Bertz CT molecular complexity index is 525. The maximum atomic E-state index is 13.7. The van der Waals surface area contributed by atoms with Crippen LogP contribution in [0.3, 0.4) is 0 Å². The summed E-state index contributed by atoms with van der Waals surface area (Å²) < 4.78 is 13.7. The molecule has 0 aromatic carbocycles. The summed E-state index contributed by atoms with van der Waals surface area (Å²) in [6, 6.07) is 6.91. The van der Waals surface area contributed by atoms with Crippen molar-refractivity contribution in [2.75, 3.05) is 7.05 Å². The van der Waals surface area contributed by atoms with Crippen LogP contribution in [0.2, 0.25) is 0 Å². The van der Waals surface area contributed by atoms with Crippen molar-refractivity contribution in [3.05, 3.63) is 59.4 Å². The number of hydrogen-bond donors (Lipinski definition) is 1. The summed E-state index contributed by atoms with van der Waals surface area (Å²) in [6.45, 7) is 2.09. The van der Waals surface area contributed by atoms with E-state index in [4.69, 9.17) is 0 Å². The molecule has 0 spiro atoms. The number of nitrogens with zero attached hydrogens (tertiary/aromatic N) is 2. The zero-order valence-electron chi connectivity index (χ0n) is 11.2.